The van der Waals surface area contributed by atoms with Crippen molar-refractivity contribution in [1.82, 2.24) is 4.98 Å². The van der Waals surface area contributed by atoms with Crippen LogP contribution in [0.4, 0.5) is 0 Å². The van der Waals surface area contributed by atoms with Gasteiger partial charge in [-0.2, -0.15) is 0 Å². The van der Waals surface area contributed by atoms with E-state index in [1.807, 2.05) is 42.5 Å². The summed E-state index contributed by atoms with van der Waals surface area (Å²) >= 11 is 0. The highest BCUT2D eigenvalue weighted by atomic mass is 31.2. The molecule has 1 heterocycles. The summed E-state index contributed by atoms with van der Waals surface area (Å²) in [6, 6.07) is 13.6. The zero-order chi connectivity index (χ0) is 20.9. The Labute approximate surface area is 171 Å². The fraction of sp³-hybridized carbons (Fsp3) is 0.143. The molecule has 29 heavy (non-hydrogen) atoms. The molecular formula is C21H22N3O4P. The molecule has 2 aromatic rings. The molecule has 0 radical (unpaired) electrons. The lowest BCUT2D eigenvalue weighted by atomic mass is 10.1. The second-order valence-electron chi connectivity index (χ2n) is 5.70. The highest BCUT2D eigenvalue weighted by molar-refractivity contribution is 7.39. The molecule has 4 N–H and O–H groups in total. The Balaban J connectivity index is 1.77. The number of amidine groups is 1. The average molecular weight is 411 g/mol. The van der Waals surface area contributed by atoms with Crippen LogP contribution in [0.5, 0.6) is 5.88 Å². The molecular weight excluding hydrogens is 389 g/mol. The van der Waals surface area contributed by atoms with E-state index in [9.17, 15) is 0 Å². The van der Waals surface area contributed by atoms with Gasteiger partial charge in [-0.15, -0.1) is 0 Å². The van der Waals surface area contributed by atoms with E-state index in [4.69, 9.17) is 20.3 Å². The van der Waals surface area contributed by atoms with Crippen LogP contribution in [0.2, 0.25) is 0 Å². The van der Waals surface area contributed by atoms with Crippen molar-refractivity contribution < 1.29 is 19.0 Å². The van der Waals surface area contributed by atoms with Crippen LogP contribution in [0.1, 0.15) is 11.1 Å². The average Bonchev–Trinajstić information content (AvgIpc) is 2.72. The van der Waals surface area contributed by atoms with Crippen molar-refractivity contribution in [3.8, 4) is 17.7 Å². The largest absolute Gasteiger partial charge is 0.473 e. The maximum atomic E-state index is 8.59. The lowest BCUT2D eigenvalue weighted by molar-refractivity contribution is 0.264. The van der Waals surface area contributed by atoms with E-state index in [0.717, 1.165) is 11.1 Å². The van der Waals surface area contributed by atoms with Crippen molar-refractivity contribution in [2.45, 2.75) is 13.0 Å². The van der Waals surface area contributed by atoms with Gasteiger partial charge in [-0.1, -0.05) is 48.8 Å². The predicted octanol–water partition coefficient (Wildman–Crippen LogP) is 2.86. The number of nitrogens with zero attached hydrogens (tertiary/aromatic N) is 2. The number of allylic oxidation sites excluding steroid dienone is 2. The summed E-state index contributed by atoms with van der Waals surface area (Å²) in [7, 11) is -2.43. The SMILES string of the molecule is C=C(C#CCc1ccc(COc2ccccn2)cc1)/C=C\C(N)=N\COP(O)O. The Morgan fingerprint density at radius 3 is 2.62 bits per heavy atom. The first-order valence-corrected chi connectivity index (χ1v) is 9.77. The minimum Gasteiger partial charge on any atom is -0.473 e. The fourth-order valence-electron chi connectivity index (χ4n) is 2.04. The highest BCUT2D eigenvalue weighted by Gasteiger charge is 1.98. The maximum Gasteiger partial charge on any atom is 0.328 e. The second kappa shape index (κ2) is 12.4. The summed E-state index contributed by atoms with van der Waals surface area (Å²) in [5, 5.41) is 0. The number of aromatic nitrogens is 1. The number of ether oxygens (including phenoxy) is 1. The van der Waals surface area contributed by atoms with E-state index in [-0.39, 0.29) is 12.6 Å². The number of nitrogens with two attached hydrogens (primary N) is 1. The van der Waals surface area contributed by atoms with Gasteiger partial charge in [-0.3, -0.25) is 4.52 Å². The highest BCUT2D eigenvalue weighted by Crippen LogP contribution is 2.23. The van der Waals surface area contributed by atoms with Crippen molar-refractivity contribution in [2.75, 3.05) is 6.73 Å². The van der Waals surface area contributed by atoms with Gasteiger partial charge in [-0.05, 0) is 29.3 Å². The molecule has 1 aromatic heterocycles. The van der Waals surface area contributed by atoms with Gasteiger partial charge in [0.05, 0.1) is 0 Å². The van der Waals surface area contributed by atoms with Crippen LogP contribution >= 0.6 is 8.60 Å². The minimum absolute atomic E-state index is 0.174. The molecule has 7 nitrogen and oxygen atoms in total. The number of aliphatic imine (C=N–C) groups is 1. The molecule has 1 aromatic carbocycles. The molecule has 0 fully saturated rings. The maximum absolute atomic E-state index is 8.59. The number of rotatable bonds is 9. The van der Waals surface area contributed by atoms with E-state index < -0.39 is 8.60 Å². The smallest absolute Gasteiger partial charge is 0.328 e. The van der Waals surface area contributed by atoms with Gasteiger partial charge in [0.2, 0.25) is 5.88 Å². The number of hydrogen-bond donors (Lipinski definition) is 3. The summed E-state index contributed by atoms with van der Waals surface area (Å²) in [5.74, 6) is 6.76. The van der Waals surface area contributed by atoms with Crippen LogP contribution in [0.15, 0.2) is 78.0 Å². The van der Waals surface area contributed by atoms with Crippen LogP contribution in [0, 0.1) is 11.8 Å². The van der Waals surface area contributed by atoms with Crippen LogP contribution in [0.25, 0.3) is 0 Å². The van der Waals surface area contributed by atoms with Gasteiger partial charge in [0.25, 0.3) is 0 Å². The molecule has 0 unspecified atom stereocenters. The summed E-state index contributed by atoms with van der Waals surface area (Å²) in [4.78, 5) is 25.1. The van der Waals surface area contributed by atoms with Crippen LogP contribution in [-0.2, 0) is 17.6 Å². The molecule has 0 bridgehead atoms. The van der Waals surface area contributed by atoms with E-state index in [2.05, 4.69) is 32.9 Å². The molecule has 0 spiro atoms. The minimum atomic E-state index is -2.43. The summed E-state index contributed by atoms with van der Waals surface area (Å²) in [6.45, 7) is 4.06. The fourth-order valence-corrected chi connectivity index (χ4v) is 2.20. The first kappa shape index (κ1) is 22.3. The zero-order valence-corrected chi connectivity index (χ0v) is 16.6. The van der Waals surface area contributed by atoms with Crippen LogP contribution < -0.4 is 10.5 Å². The molecule has 150 valence electrons. The lowest BCUT2D eigenvalue weighted by Gasteiger charge is -2.05. The van der Waals surface area contributed by atoms with Gasteiger partial charge in [0, 0.05) is 24.3 Å². The number of benzene rings is 1. The van der Waals surface area contributed by atoms with Crippen LogP contribution in [-0.4, -0.2) is 27.3 Å². The van der Waals surface area contributed by atoms with Gasteiger partial charge >= 0.3 is 8.60 Å². The van der Waals surface area contributed by atoms with E-state index >= 15 is 0 Å². The van der Waals surface area contributed by atoms with E-state index in [1.54, 1.807) is 12.3 Å². The molecule has 0 aliphatic heterocycles. The van der Waals surface area contributed by atoms with Gasteiger partial charge < -0.3 is 20.3 Å². The molecule has 0 aliphatic rings. The molecule has 0 aliphatic carbocycles. The molecule has 0 amide bonds. The summed E-state index contributed by atoms with van der Waals surface area (Å²) in [6.07, 6.45) is 5.43. The monoisotopic (exact) mass is 411 g/mol. The van der Waals surface area contributed by atoms with E-state index in [0.29, 0.717) is 24.5 Å². The van der Waals surface area contributed by atoms with Crippen molar-refractivity contribution in [3.05, 3.63) is 84.1 Å². The molecule has 8 heteroatoms. The van der Waals surface area contributed by atoms with Crippen molar-refractivity contribution in [1.29, 1.82) is 0 Å². The first-order chi connectivity index (χ1) is 14.0. The Bertz CT molecular complexity index is 901. The lowest BCUT2D eigenvalue weighted by Crippen LogP contribution is -2.08. The topological polar surface area (TPSA) is 110 Å². The van der Waals surface area contributed by atoms with Gasteiger partial charge in [0.1, 0.15) is 19.2 Å². The van der Waals surface area contributed by atoms with Crippen molar-refractivity contribution in [2.24, 2.45) is 10.7 Å². The third-order valence-corrected chi connectivity index (χ3v) is 3.81. The quantitative estimate of drug-likeness (QED) is 0.192. The predicted molar refractivity (Wildman–Crippen MR) is 114 cm³/mol. The Hall–Kier alpha value is -3.01. The second-order valence-corrected chi connectivity index (χ2v) is 6.47. The third kappa shape index (κ3) is 9.65. The van der Waals surface area contributed by atoms with Crippen molar-refractivity contribution in [3.63, 3.8) is 0 Å². The molecule has 0 atom stereocenters. The third-order valence-electron chi connectivity index (χ3n) is 3.46. The molecule has 0 saturated carbocycles. The Kier molecular flexibility index (Phi) is 9.56. The Morgan fingerprint density at radius 2 is 1.93 bits per heavy atom. The number of pyridine rings is 1. The summed E-state index contributed by atoms with van der Waals surface area (Å²) in [5.41, 5.74) is 8.34. The molecule has 2 rings (SSSR count). The normalized spacial score (nSPS) is 11.3. The number of hydrogen-bond acceptors (Lipinski definition) is 6. The summed E-state index contributed by atoms with van der Waals surface area (Å²) < 4.78 is 10.1. The van der Waals surface area contributed by atoms with Crippen LogP contribution in [0.3, 0.4) is 0 Å². The first-order valence-electron chi connectivity index (χ1n) is 8.61. The van der Waals surface area contributed by atoms with E-state index in [1.165, 1.54) is 6.08 Å². The van der Waals surface area contributed by atoms with Gasteiger partial charge in [-0.25, -0.2) is 9.98 Å². The standard InChI is InChI=1S/C21H22N3O4P/c1-17(8-13-20(22)24-16-28-29(25)26)5-4-6-18-9-11-19(12-10-18)15-27-21-7-2-3-14-23-21/h2-3,7-14,25-26H,1,6,15-16H2,(H2,22,24)/b13-8-. The Morgan fingerprint density at radius 1 is 1.17 bits per heavy atom. The van der Waals surface area contributed by atoms with Gasteiger partial charge in [0.15, 0.2) is 0 Å². The zero-order valence-electron chi connectivity index (χ0n) is 15.7. The molecule has 0 saturated heterocycles. The van der Waals surface area contributed by atoms with Crippen molar-refractivity contribution >= 4 is 14.4 Å².